The average molecular weight is 371 g/mol. The molecule has 134 valence electrons. The minimum absolute atomic E-state index is 0.234. The molecule has 2 atom stereocenters. The molecule has 0 amide bonds. The van der Waals surface area contributed by atoms with Crippen molar-refractivity contribution in [2.75, 3.05) is 39.8 Å². The second-order valence-electron chi connectivity index (χ2n) is 7.48. The fourth-order valence-electron chi connectivity index (χ4n) is 4.17. The van der Waals surface area contributed by atoms with Crippen LogP contribution in [-0.4, -0.2) is 54.7 Å². The third-order valence-corrected chi connectivity index (χ3v) is 6.16. The van der Waals surface area contributed by atoms with Crippen LogP contribution in [0, 0.1) is 5.92 Å². The molecule has 1 aliphatic heterocycles. The van der Waals surface area contributed by atoms with Gasteiger partial charge in [0.2, 0.25) is 0 Å². The van der Waals surface area contributed by atoms with Gasteiger partial charge in [0, 0.05) is 48.7 Å². The summed E-state index contributed by atoms with van der Waals surface area (Å²) in [4.78, 5) is 4.87. The van der Waals surface area contributed by atoms with Crippen LogP contribution in [0.25, 0.3) is 0 Å². The highest BCUT2D eigenvalue weighted by molar-refractivity contribution is 6.34. The van der Waals surface area contributed by atoms with Gasteiger partial charge in [0.15, 0.2) is 0 Å². The molecule has 0 bridgehead atoms. The molecule has 2 fully saturated rings. The predicted molar refractivity (Wildman–Crippen MR) is 101 cm³/mol. The van der Waals surface area contributed by atoms with Crippen molar-refractivity contribution in [1.82, 2.24) is 9.80 Å². The molecule has 3 nitrogen and oxygen atoms in total. The summed E-state index contributed by atoms with van der Waals surface area (Å²) in [6.07, 6.45) is 5.29. The van der Waals surface area contributed by atoms with Crippen molar-refractivity contribution >= 4 is 23.2 Å². The first-order valence-electron chi connectivity index (χ1n) is 9.07. The summed E-state index contributed by atoms with van der Waals surface area (Å²) in [6, 6.07) is 5.54. The van der Waals surface area contributed by atoms with E-state index in [4.69, 9.17) is 23.2 Å². The van der Waals surface area contributed by atoms with Crippen LogP contribution >= 0.6 is 23.2 Å². The molecule has 3 rings (SSSR count). The van der Waals surface area contributed by atoms with Gasteiger partial charge in [-0.25, -0.2) is 0 Å². The van der Waals surface area contributed by atoms with Gasteiger partial charge in [-0.15, -0.1) is 0 Å². The van der Waals surface area contributed by atoms with E-state index in [0.717, 1.165) is 57.5 Å². The SMILES string of the molecule is CN1CCN(CC2CCCCCC2(O)c2cc(Cl)cc(Cl)c2)CC1. The monoisotopic (exact) mass is 370 g/mol. The summed E-state index contributed by atoms with van der Waals surface area (Å²) in [5.41, 5.74) is 0.0648. The van der Waals surface area contributed by atoms with Crippen molar-refractivity contribution in [3.8, 4) is 0 Å². The van der Waals surface area contributed by atoms with E-state index in [2.05, 4.69) is 16.8 Å². The molecule has 0 aromatic heterocycles. The summed E-state index contributed by atoms with van der Waals surface area (Å²) in [5, 5.41) is 12.9. The number of piperazine rings is 1. The number of hydrogen-bond acceptors (Lipinski definition) is 3. The van der Waals surface area contributed by atoms with E-state index >= 15 is 0 Å². The zero-order valence-electron chi connectivity index (χ0n) is 14.5. The lowest BCUT2D eigenvalue weighted by Crippen LogP contribution is -2.49. The predicted octanol–water partition coefficient (Wildman–Crippen LogP) is 4.01. The van der Waals surface area contributed by atoms with Gasteiger partial charge >= 0.3 is 0 Å². The van der Waals surface area contributed by atoms with Gasteiger partial charge in [-0.05, 0) is 43.7 Å². The maximum Gasteiger partial charge on any atom is 0.0937 e. The van der Waals surface area contributed by atoms with Crippen LogP contribution in [0.1, 0.15) is 37.7 Å². The Morgan fingerprint density at radius 1 is 1.04 bits per heavy atom. The molecule has 0 radical (unpaired) electrons. The Hall–Kier alpha value is -0.320. The molecular formula is C19H28Cl2N2O. The van der Waals surface area contributed by atoms with Gasteiger partial charge in [-0.1, -0.05) is 42.5 Å². The van der Waals surface area contributed by atoms with E-state index in [1.165, 1.54) is 12.8 Å². The normalized spacial score (nSPS) is 30.2. The average Bonchev–Trinajstić information content (AvgIpc) is 2.72. The van der Waals surface area contributed by atoms with Crippen molar-refractivity contribution in [1.29, 1.82) is 0 Å². The van der Waals surface area contributed by atoms with E-state index in [9.17, 15) is 5.11 Å². The Morgan fingerprint density at radius 2 is 1.71 bits per heavy atom. The fraction of sp³-hybridized carbons (Fsp3) is 0.684. The highest BCUT2D eigenvalue weighted by Gasteiger charge is 2.40. The Morgan fingerprint density at radius 3 is 2.38 bits per heavy atom. The van der Waals surface area contributed by atoms with Crippen molar-refractivity contribution in [3.05, 3.63) is 33.8 Å². The summed E-state index contributed by atoms with van der Waals surface area (Å²) >= 11 is 12.4. The Balaban J connectivity index is 1.83. The molecule has 0 spiro atoms. The van der Waals surface area contributed by atoms with Crippen LogP contribution in [-0.2, 0) is 5.60 Å². The number of aliphatic hydroxyl groups is 1. The molecule has 24 heavy (non-hydrogen) atoms. The minimum atomic E-state index is -0.825. The molecule has 1 saturated carbocycles. The quantitative estimate of drug-likeness (QED) is 0.814. The third kappa shape index (κ3) is 4.25. The molecule has 5 heteroatoms. The lowest BCUT2D eigenvalue weighted by molar-refractivity contribution is -0.0465. The van der Waals surface area contributed by atoms with E-state index < -0.39 is 5.60 Å². The summed E-state index contributed by atoms with van der Waals surface area (Å²) < 4.78 is 0. The van der Waals surface area contributed by atoms with Gasteiger partial charge < -0.3 is 14.9 Å². The first-order valence-corrected chi connectivity index (χ1v) is 9.83. The number of hydrogen-bond donors (Lipinski definition) is 1. The molecule has 1 N–H and O–H groups in total. The number of halogens is 2. The zero-order valence-corrected chi connectivity index (χ0v) is 16.0. The van der Waals surface area contributed by atoms with Crippen LogP contribution in [0.3, 0.4) is 0 Å². The fourth-order valence-corrected chi connectivity index (χ4v) is 4.70. The van der Waals surface area contributed by atoms with E-state index in [1.54, 1.807) is 6.07 Å². The van der Waals surface area contributed by atoms with Gasteiger partial charge in [-0.2, -0.15) is 0 Å². The van der Waals surface area contributed by atoms with Crippen molar-refractivity contribution in [3.63, 3.8) is 0 Å². The first-order chi connectivity index (χ1) is 11.5. The molecule has 1 aromatic carbocycles. The van der Waals surface area contributed by atoms with Crippen LogP contribution in [0.15, 0.2) is 18.2 Å². The number of likely N-dealkylation sites (N-methyl/N-ethyl adjacent to an activating group) is 1. The van der Waals surface area contributed by atoms with Gasteiger partial charge in [0.1, 0.15) is 0 Å². The van der Waals surface area contributed by atoms with Gasteiger partial charge in [0.05, 0.1) is 5.60 Å². The maximum absolute atomic E-state index is 11.7. The van der Waals surface area contributed by atoms with Gasteiger partial charge in [-0.3, -0.25) is 0 Å². The number of rotatable bonds is 3. The third-order valence-electron chi connectivity index (χ3n) is 5.72. The summed E-state index contributed by atoms with van der Waals surface area (Å²) in [6.45, 7) is 5.33. The number of nitrogens with zero attached hydrogens (tertiary/aromatic N) is 2. The van der Waals surface area contributed by atoms with Crippen LogP contribution in [0.4, 0.5) is 0 Å². The Labute approximate surface area is 155 Å². The standard InChI is InChI=1S/C19H28Cl2N2O/c1-22-7-9-23(10-8-22)14-15-5-3-2-4-6-19(15,24)16-11-17(20)13-18(21)12-16/h11-13,15,24H,2-10,14H2,1H3. The van der Waals surface area contributed by atoms with E-state index in [0.29, 0.717) is 10.0 Å². The molecule has 1 aliphatic carbocycles. The highest BCUT2D eigenvalue weighted by atomic mass is 35.5. The van der Waals surface area contributed by atoms with Gasteiger partial charge in [0.25, 0.3) is 0 Å². The molecule has 1 heterocycles. The zero-order chi connectivity index (χ0) is 17.2. The Bertz CT molecular complexity index is 540. The molecule has 2 unspecified atom stereocenters. The first kappa shape index (κ1) is 18.5. The topological polar surface area (TPSA) is 26.7 Å². The number of benzene rings is 1. The molecule has 2 aliphatic rings. The minimum Gasteiger partial charge on any atom is -0.385 e. The second kappa shape index (κ2) is 7.92. The maximum atomic E-state index is 11.7. The van der Waals surface area contributed by atoms with Crippen LogP contribution in [0.5, 0.6) is 0 Å². The van der Waals surface area contributed by atoms with Crippen molar-refractivity contribution in [2.24, 2.45) is 5.92 Å². The van der Waals surface area contributed by atoms with Crippen molar-refractivity contribution in [2.45, 2.75) is 37.7 Å². The van der Waals surface area contributed by atoms with E-state index in [-0.39, 0.29) is 5.92 Å². The molecule has 1 aromatic rings. The largest absolute Gasteiger partial charge is 0.385 e. The smallest absolute Gasteiger partial charge is 0.0937 e. The van der Waals surface area contributed by atoms with Crippen LogP contribution in [0.2, 0.25) is 10.0 Å². The van der Waals surface area contributed by atoms with E-state index in [1.807, 2.05) is 12.1 Å². The lowest BCUT2D eigenvalue weighted by Gasteiger charge is -2.41. The lowest BCUT2D eigenvalue weighted by atomic mass is 9.77. The summed E-state index contributed by atoms with van der Waals surface area (Å²) in [5.74, 6) is 0.234. The second-order valence-corrected chi connectivity index (χ2v) is 8.36. The van der Waals surface area contributed by atoms with Crippen LogP contribution < -0.4 is 0 Å². The Kier molecular flexibility index (Phi) is 6.10. The summed E-state index contributed by atoms with van der Waals surface area (Å²) in [7, 11) is 2.17. The molecule has 1 saturated heterocycles. The molecular weight excluding hydrogens is 343 g/mol. The highest BCUT2D eigenvalue weighted by Crippen LogP contribution is 2.42. The van der Waals surface area contributed by atoms with Crippen molar-refractivity contribution < 1.29 is 5.11 Å².